The van der Waals surface area contributed by atoms with Gasteiger partial charge in [0.2, 0.25) is 5.91 Å². The minimum atomic E-state index is 0.277. The van der Waals surface area contributed by atoms with Gasteiger partial charge in [0.05, 0.1) is 7.11 Å². The first-order chi connectivity index (χ1) is 9.58. The number of hydrogen-bond donors (Lipinski definition) is 0. The molecule has 1 saturated heterocycles. The number of rotatable bonds is 5. The first kappa shape index (κ1) is 14.9. The van der Waals surface area contributed by atoms with Crippen LogP contribution in [0.4, 0.5) is 0 Å². The number of piperidine rings is 1. The summed E-state index contributed by atoms with van der Waals surface area (Å²) in [5.41, 5.74) is 1.29. The molecule has 0 saturated carbocycles. The van der Waals surface area contributed by atoms with E-state index in [1.54, 1.807) is 7.11 Å². The van der Waals surface area contributed by atoms with E-state index in [0.29, 0.717) is 12.3 Å². The molecular weight excluding hydrogens is 252 g/mol. The molecule has 110 valence electrons. The molecule has 0 aromatic heterocycles. The lowest BCUT2D eigenvalue weighted by Crippen LogP contribution is -2.41. The summed E-state index contributed by atoms with van der Waals surface area (Å²) in [7, 11) is 5.72. The number of nitrogens with zero attached hydrogens (tertiary/aromatic N) is 2. The van der Waals surface area contributed by atoms with Crippen LogP contribution in [0.5, 0.6) is 5.75 Å². The summed E-state index contributed by atoms with van der Waals surface area (Å²) in [6, 6.07) is 8.20. The highest BCUT2D eigenvalue weighted by Crippen LogP contribution is 2.18. The number of ether oxygens (including phenoxy) is 1. The van der Waals surface area contributed by atoms with Crippen LogP contribution < -0.4 is 4.74 Å². The largest absolute Gasteiger partial charge is 0.497 e. The van der Waals surface area contributed by atoms with Crippen molar-refractivity contribution in [3.63, 3.8) is 0 Å². The average Bonchev–Trinajstić information content (AvgIpc) is 2.44. The highest BCUT2D eigenvalue weighted by atomic mass is 16.5. The van der Waals surface area contributed by atoms with Gasteiger partial charge in [-0.25, -0.2) is 0 Å². The van der Waals surface area contributed by atoms with E-state index in [0.717, 1.165) is 31.8 Å². The maximum Gasteiger partial charge on any atom is 0.222 e. The molecule has 1 aliphatic heterocycles. The number of amides is 1. The summed E-state index contributed by atoms with van der Waals surface area (Å²) in [4.78, 5) is 15.7. The maximum atomic E-state index is 11.5. The quantitative estimate of drug-likeness (QED) is 0.824. The first-order valence-electron chi connectivity index (χ1n) is 7.14. The van der Waals surface area contributed by atoms with Gasteiger partial charge in [0.25, 0.3) is 0 Å². The Balaban J connectivity index is 1.82. The lowest BCUT2D eigenvalue weighted by Gasteiger charge is -2.32. The van der Waals surface area contributed by atoms with Crippen LogP contribution in [0.15, 0.2) is 24.3 Å². The third-order valence-corrected chi connectivity index (χ3v) is 3.91. The van der Waals surface area contributed by atoms with Gasteiger partial charge in [-0.1, -0.05) is 12.1 Å². The Labute approximate surface area is 121 Å². The van der Waals surface area contributed by atoms with Crippen molar-refractivity contribution in [2.75, 3.05) is 34.3 Å². The molecule has 0 aliphatic carbocycles. The van der Waals surface area contributed by atoms with Gasteiger partial charge < -0.3 is 14.5 Å². The molecule has 1 aromatic rings. The molecule has 0 spiro atoms. The molecule has 2 rings (SSSR count). The Morgan fingerprint density at radius 1 is 1.35 bits per heavy atom. The molecule has 0 bridgehead atoms. The lowest BCUT2D eigenvalue weighted by atomic mass is 9.97. The van der Waals surface area contributed by atoms with E-state index in [1.165, 1.54) is 5.56 Å². The second kappa shape index (κ2) is 6.75. The molecule has 4 nitrogen and oxygen atoms in total. The minimum Gasteiger partial charge on any atom is -0.497 e. The molecule has 1 fully saturated rings. The predicted octanol–water partition coefficient (Wildman–Crippen LogP) is 2.00. The maximum absolute atomic E-state index is 11.5. The fraction of sp³-hybridized carbons (Fsp3) is 0.562. The van der Waals surface area contributed by atoms with Crippen molar-refractivity contribution in [2.24, 2.45) is 5.92 Å². The number of benzene rings is 1. The molecule has 20 heavy (non-hydrogen) atoms. The topological polar surface area (TPSA) is 32.8 Å². The van der Waals surface area contributed by atoms with Crippen LogP contribution >= 0.6 is 0 Å². The first-order valence-corrected chi connectivity index (χ1v) is 7.14. The summed E-state index contributed by atoms with van der Waals surface area (Å²) < 4.78 is 5.17. The van der Waals surface area contributed by atoms with Gasteiger partial charge in [0.15, 0.2) is 0 Å². The second-order valence-electron chi connectivity index (χ2n) is 5.72. The Hall–Kier alpha value is -1.55. The number of hydrogen-bond acceptors (Lipinski definition) is 3. The summed E-state index contributed by atoms with van der Waals surface area (Å²) in [5, 5.41) is 0. The fourth-order valence-corrected chi connectivity index (χ4v) is 2.80. The molecule has 1 heterocycles. The predicted molar refractivity (Wildman–Crippen MR) is 79.7 cm³/mol. The Morgan fingerprint density at radius 3 is 2.65 bits per heavy atom. The van der Waals surface area contributed by atoms with E-state index in [9.17, 15) is 4.79 Å². The molecule has 1 aliphatic rings. The third kappa shape index (κ3) is 3.97. The van der Waals surface area contributed by atoms with Crippen LogP contribution in [0.1, 0.15) is 18.4 Å². The van der Waals surface area contributed by atoms with Gasteiger partial charge in [0, 0.05) is 33.1 Å². The van der Waals surface area contributed by atoms with E-state index in [1.807, 2.05) is 24.1 Å². The number of carbonyl (C=O) groups excluding carboxylic acids is 1. The van der Waals surface area contributed by atoms with E-state index in [-0.39, 0.29) is 5.91 Å². The normalized spacial score (nSPS) is 19.5. The molecule has 0 N–H and O–H groups in total. The van der Waals surface area contributed by atoms with E-state index >= 15 is 0 Å². The van der Waals surface area contributed by atoms with Crippen molar-refractivity contribution < 1.29 is 9.53 Å². The Morgan fingerprint density at radius 2 is 2.05 bits per heavy atom. The van der Waals surface area contributed by atoms with Crippen molar-refractivity contribution in [1.82, 2.24) is 9.80 Å². The molecule has 1 unspecified atom stereocenters. The van der Waals surface area contributed by atoms with Gasteiger partial charge in [-0.15, -0.1) is 0 Å². The monoisotopic (exact) mass is 276 g/mol. The van der Waals surface area contributed by atoms with Gasteiger partial charge in [0.1, 0.15) is 5.75 Å². The third-order valence-electron chi connectivity index (χ3n) is 3.91. The molecule has 4 heteroatoms. The summed E-state index contributed by atoms with van der Waals surface area (Å²) in [6.45, 7) is 2.84. The number of carbonyl (C=O) groups is 1. The van der Waals surface area contributed by atoms with Crippen LogP contribution in [0, 0.1) is 5.92 Å². The average molecular weight is 276 g/mol. The van der Waals surface area contributed by atoms with E-state index < -0.39 is 0 Å². The second-order valence-corrected chi connectivity index (χ2v) is 5.72. The molecule has 1 amide bonds. The molecule has 0 radical (unpaired) electrons. The van der Waals surface area contributed by atoms with Crippen LogP contribution in [0.25, 0.3) is 0 Å². The van der Waals surface area contributed by atoms with Crippen LogP contribution in [-0.2, 0) is 11.3 Å². The van der Waals surface area contributed by atoms with Gasteiger partial charge in [-0.05, 0) is 37.1 Å². The smallest absolute Gasteiger partial charge is 0.222 e. The zero-order valence-electron chi connectivity index (χ0n) is 12.6. The molecular formula is C16H24N2O2. The van der Waals surface area contributed by atoms with Gasteiger partial charge in [-0.2, -0.15) is 0 Å². The van der Waals surface area contributed by atoms with Gasteiger partial charge >= 0.3 is 0 Å². The van der Waals surface area contributed by atoms with Crippen molar-refractivity contribution in [3.05, 3.63) is 29.8 Å². The minimum absolute atomic E-state index is 0.277. The highest BCUT2D eigenvalue weighted by molar-refractivity contribution is 5.76. The van der Waals surface area contributed by atoms with Crippen molar-refractivity contribution in [1.29, 1.82) is 0 Å². The number of likely N-dealkylation sites (tertiary alicyclic amines) is 1. The van der Waals surface area contributed by atoms with Crippen molar-refractivity contribution in [3.8, 4) is 5.75 Å². The van der Waals surface area contributed by atoms with Crippen molar-refractivity contribution in [2.45, 2.75) is 19.4 Å². The molecule has 1 atom stereocenters. The Kier molecular flexibility index (Phi) is 5.01. The van der Waals surface area contributed by atoms with Crippen LogP contribution in [-0.4, -0.2) is 50.0 Å². The standard InChI is InChI=1S/C16H24N2O2/c1-17(10-13-4-7-15(20-3)8-5-13)11-14-6-9-16(19)18(2)12-14/h4-5,7-8,14H,6,9-12H2,1-3H3. The lowest BCUT2D eigenvalue weighted by molar-refractivity contribution is -0.133. The summed E-state index contributed by atoms with van der Waals surface area (Å²) in [5.74, 6) is 1.75. The van der Waals surface area contributed by atoms with Gasteiger partial charge in [-0.3, -0.25) is 4.79 Å². The number of methoxy groups -OCH3 is 1. The van der Waals surface area contributed by atoms with Crippen LogP contribution in [0.3, 0.4) is 0 Å². The Bertz CT molecular complexity index is 444. The van der Waals surface area contributed by atoms with E-state index in [2.05, 4.69) is 24.1 Å². The fourth-order valence-electron chi connectivity index (χ4n) is 2.80. The van der Waals surface area contributed by atoms with Crippen molar-refractivity contribution >= 4 is 5.91 Å². The summed E-state index contributed by atoms with van der Waals surface area (Å²) in [6.07, 6.45) is 1.70. The highest BCUT2D eigenvalue weighted by Gasteiger charge is 2.23. The zero-order valence-corrected chi connectivity index (χ0v) is 12.6. The summed E-state index contributed by atoms with van der Waals surface area (Å²) >= 11 is 0. The SMILES string of the molecule is COc1ccc(CN(C)CC2CCC(=O)N(C)C2)cc1. The van der Waals surface area contributed by atoms with E-state index in [4.69, 9.17) is 4.74 Å². The molecule has 1 aromatic carbocycles. The van der Waals surface area contributed by atoms with Crippen LogP contribution in [0.2, 0.25) is 0 Å². The zero-order chi connectivity index (χ0) is 14.5.